The van der Waals surface area contributed by atoms with Gasteiger partial charge in [0.1, 0.15) is 6.04 Å². The Bertz CT molecular complexity index is 1030. The number of nitrogens with one attached hydrogen (secondary N) is 1. The summed E-state index contributed by atoms with van der Waals surface area (Å²) < 4.78 is 0. The van der Waals surface area contributed by atoms with Gasteiger partial charge in [0.05, 0.1) is 11.3 Å². The van der Waals surface area contributed by atoms with E-state index in [1.165, 1.54) is 24.3 Å². The molecule has 0 aromatic heterocycles. The lowest BCUT2D eigenvalue weighted by Crippen LogP contribution is -2.43. The summed E-state index contributed by atoms with van der Waals surface area (Å²) in [6.45, 7) is 0. The van der Waals surface area contributed by atoms with E-state index in [2.05, 4.69) is 5.32 Å². The van der Waals surface area contributed by atoms with E-state index in [4.69, 9.17) is 0 Å². The van der Waals surface area contributed by atoms with Crippen molar-refractivity contribution in [3.8, 4) is 0 Å². The van der Waals surface area contributed by atoms with Crippen LogP contribution in [-0.2, 0) is 22.4 Å². The Morgan fingerprint density at radius 2 is 1.61 bits per heavy atom. The lowest BCUT2D eigenvalue weighted by atomic mass is 10.0. The van der Waals surface area contributed by atoms with E-state index in [0.29, 0.717) is 5.56 Å². The summed E-state index contributed by atoms with van der Waals surface area (Å²) in [7, 11) is 0. The number of carboxylic acid groups (broad SMARTS) is 1. The zero-order valence-corrected chi connectivity index (χ0v) is 14.9. The molecule has 0 spiro atoms. The maximum Gasteiger partial charge on any atom is 0.326 e. The largest absolute Gasteiger partial charge is 0.480 e. The molecule has 0 radical (unpaired) electrons. The molecule has 1 atom stereocenters. The number of nitrogens with zero attached hydrogens (tertiary/aromatic N) is 1. The van der Waals surface area contributed by atoms with Crippen LogP contribution in [-0.4, -0.2) is 27.9 Å². The van der Waals surface area contributed by atoms with E-state index in [-0.39, 0.29) is 18.5 Å². The maximum atomic E-state index is 12.3. The highest BCUT2D eigenvalue weighted by Crippen LogP contribution is 2.16. The number of amides is 1. The van der Waals surface area contributed by atoms with Gasteiger partial charge in [0.2, 0.25) is 5.91 Å². The van der Waals surface area contributed by atoms with Gasteiger partial charge in [0.25, 0.3) is 5.69 Å². The molecule has 0 saturated carbocycles. The average molecular weight is 378 g/mol. The Balaban J connectivity index is 1.66. The molecule has 0 heterocycles. The summed E-state index contributed by atoms with van der Waals surface area (Å²) in [4.78, 5) is 34.0. The Labute approximate surface area is 160 Å². The average Bonchev–Trinajstić information content (AvgIpc) is 2.67. The summed E-state index contributed by atoms with van der Waals surface area (Å²) in [6.07, 6.45) is 0.103. The van der Waals surface area contributed by atoms with Crippen molar-refractivity contribution in [1.29, 1.82) is 0 Å². The lowest BCUT2D eigenvalue weighted by Gasteiger charge is -2.15. The standard InChI is InChI=1S/C21H18N2O5/c24-20(13-15-5-8-16-3-1-2-4-17(16)11-15)22-19(21(25)26)12-14-6-9-18(10-7-14)23(27)28/h1-11,19H,12-13H2,(H,22,24)(H,25,26)/t19-/m0/s1. The molecule has 142 valence electrons. The molecular formula is C21H18N2O5. The number of nitro groups is 1. The van der Waals surface area contributed by atoms with Crippen LogP contribution in [0.4, 0.5) is 5.69 Å². The minimum absolute atomic E-state index is 0.0385. The number of non-ortho nitro benzene ring substituents is 1. The topological polar surface area (TPSA) is 110 Å². The van der Waals surface area contributed by atoms with Gasteiger partial charge < -0.3 is 10.4 Å². The smallest absolute Gasteiger partial charge is 0.326 e. The van der Waals surface area contributed by atoms with Crippen LogP contribution >= 0.6 is 0 Å². The fourth-order valence-electron chi connectivity index (χ4n) is 2.97. The van der Waals surface area contributed by atoms with Crippen LogP contribution in [0.25, 0.3) is 10.8 Å². The van der Waals surface area contributed by atoms with Crippen molar-refractivity contribution < 1.29 is 19.6 Å². The number of rotatable bonds is 7. The SMILES string of the molecule is O=C(Cc1ccc2ccccc2c1)N[C@@H](Cc1ccc([N+](=O)[O-])cc1)C(=O)O. The molecule has 7 nitrogen and oxygen atoms in total. The van der Waals surface area contributed by atoms with Gasteiger partial charge in [-0.1, -0.05) is 54.6 Å². The quantitative estimate of drug-likeness (QED) is 0.485. The van der Waals surface area contributed by atoms with E-state index >= 15 is 0 Å². The Kier molecular flexibility index (Phi) is 5.64. The van der Waals surface area contributed by atoms with Gasteiger partial charge in [-0.25, -0.2) is 4.79 Å². The molecule has 3 aromatic rings. The first-order chi connectivity index (χ1) is 13.4. The van der Waals surface area contributed by atoms with Crippen molar-refractivity contribution in [2.24, 2.45) is 0 Å². The third-order valence-electron chi connectivity index (χ3n) is 4.40. The summed E-state index contributed by atoms with van der Waals surface area (Å²) in [5.74, 6) is -1.56. The van der Waals surface area contributed by atoms with E-state index in [1.807, 2.05) is 42.5 Å². The molecule has 0 unspecified atom stereocenters. The molecule has 28 heavy (non-hydrogen) atoms. The van der Waals surface area contributed by atoms with Gasteiger partial charge in [0.15, 0.2) is 0 Å². The zero-order chi connectivity index (χ0) is 20.1. The Hall–Kier alpha value is -3.74. The second-order valence-electron chi connectivity index (χ2n) is 6.44. The van der Waals surface area contributed by atoms with Crippen molar-refractivity contribution >= 4 is 28.3 Å². The normalized spacial score (nSPS) is 11.7. The van der Waals surface area contributed by atoms with Gasteiger partial charge in [-0.15, -0.1) is 0 Å². The zero-order valence-electron chi connectivity index (χ0n) is 14.9. The number of hydrogen-bond donors (Lipinski definition) is 2. The summed E-state index contributed by atoms with van der Waals surface area (Å²) >= 11 is 0. The predicted molar refractivity (Wildman–Crippen MR) is 104 cm³/mol. The summed E-state index contributed by atoms with van der Waals surface area (Å²) in [5, 5.41) is 24.7. The third kappa shape index (κ3) is 4.70. The van der Waals surface area contributed by atoms with Crippen molar-refractivity contribution in [2.75, 3.05) is 0 Å². The first kappa shape index (κ1) is 19.0. The molecule has 0 aliphatic rings. The fraction of sp³-hybridized carbons (Fsp3) is 0.143. The molecule has 3 aromatic carbocycles. The molecule has 3 rings (SSSR count). The number of carbonyl (C=O) groups is 2. The highest BCUT2D eigenvalue weighted by atomic mass is 16.6. The van der Waals surface area contributed by atoms with Crippen molar-refractivity contribution in [3.63, 3.8) is 0 Å². The number of carbonyl (C=O) groups excluding carboxylic acids is 1. The molecule has 0 bridgehead atoms. The van der Waals surface area contributed by atoms with Gasteiger partial charge in [-0.2, -0.15) is 0 Å². The van der Waals surface area contributed by atoms with Gasteiger partial charge in [-0.05, 0) is 21.9 Å². The second-order valence-corrected chi connectivity index (χ2v) is 6.44. The van der Waals surface area contributed by atoms with Crippen LogP contribution < -0.4 is 5.32 Å². The molecule has 2 N–H and O–H groups in total. The molecule has 0 aliphatic heterocycles. The van der Waals surface area contributed by atoms with Crippen LogP contribution in [0.1, 0.15) is 11.1 Å². The molecular weight excluding hydrogens is 360 g/mol. The first-order valence-corrected chi connectivity index (χ1v) is 8.65. The van der Waals surface area contributed by atoms with Gasteiger partial charge in [-0.3, -0.25) is 14.9 Å². The minimum Gasteiger partial charge on any atom is -0.480 e. The van der Waals surface area contributed by atoms with Crippen LogP contribution in [0.2, 0.25) is 0 Å². The number of aliphatic carboxylic acids is 1. The number of hydrogen-bond acceptors (Lipinski definition) is 4. The molecule has 1 amide bonds. The molecule has 0 saturated heterocycles. The molecule has 7 heteroatoms. The van der Waals surface area contributed by atoms with E-state index in [9.17, 15) is 24.8 Å². The van der Waals surface area contributed by atoms with Crippen LogP contribution in [0, 0.1) is 10.1 Å². The number of nitro benzene ring substituents is 1. The first-order valence-electron chi connectivity index (χ1n) is 8.65. The molecule has 0 aliphatic carbocycles. The number of carboxylic acids is 1. The van der Waals surface area contributed by atoms with E-state index in [0.717, 1.165) is 16.3 Å². The van der Waals surface area contributed by atoms with Crippen LogP contribution in [0.15, 0.2) is 66.7 Å². The highest BCUT2D eigenvalue weighted by Gasteiger charge is 2.21. The lowest BCUT2D eigenvalue weighted by molar-refractivity contribution is -0.384. The van der Waals surface area contributed by atoms with Crippen LogP contribution in [0.3, 0.4) is 0 Å². The Morgan fingerprint density at radius 1 is 0.964 bits per heavy atom. The third-order valence-corrected chi connectivity index (χ3v) is 4.40. The van der Waals surface area contributed by atoms with Crippen LogP contribution in [0.5, 0.6) is 0 Å². The minimum atomic E-state index is -1.16. The van der Waals surface area contributed by atoms with Crippen molar-refractivity contribution in [1.82, 2.24) is 5.32 Å². The predicted octanol–water partition coefficient (Wildman–Crippen LogP) is 3.10. The van der Waals surface area contributed by atoms with Crippen molar-refractivity contribution in [3.05, 3.63) is 88.0 Å². The van der Waals surface area contributed by atoms with E-state index in [1.54, 1.807) is 0 Å². The summed E-state index contributed by atoms with van der Waals surface area (Å²) in [6, 6.07) is 17.9. The maximum absolute atomic E-state index is 12.3. The highest BCUT2D eigenvalue weighted by molar-refractivity contribution is 5.87. The van der Waals surface area contributed by atoms with Gasteiger partial charge >= 0.3 is 5.97 Å². The molecule has 0 fully saturated rings. The summed E-state index contributed by atoms with van der Waals surface area (Å²) in [5.41, 5.74) is 1.30. The van der Waals surface area contributed by atoms with Gasteiger partial charge in [0, 0.05) is 18.6 Å². The van der Waals surface area contributed by atoms with Crippen molar-refractivity contribution in [2.45, 2.75) is 18.9 Å². The number of fused-ring (bicyclic) bond motifs is 1. The van der Waals surface area contributed by atoms with E-state index < -0.39 is 22.8 Å². The fourth-order valence-corrected chi connectivity index (χ4v) is 2.97. The number of benzene rings is 3. The second kappa shape index (κ2) is 8.30. The Morgan fingerprint density at radius 3 is 2.25 bits per heavy atom. The monoisotopic (exact) mass is 378 g/mol.